The highest BCUT2D eigenvalue weighted by Crippen LogP contribution is 2.16. The fourth-order valence-electron chi connectivity index (χ4n) is 0.918. The molecule has 1 atom stereocenters. The fraction of sp³-hybridized carbons (Fsp3) is 0.571. The van der Waals surface area contributed by atoms with E-state index in [1.165, 1.54) is 0 Å². The van der Waals surface area contributed by atoms with Gasteiger partial charge in [0.25, 0.3) is 0 Å². The summed E-state index contributed by atoms with van der Waals surface area (Å²) < 4.78 is 0. The molecule has 1 aliphatic carbocycles. The van der Waals surface area contributed by atoms with E-state index in [0.717, 1.165) is 12.8 Å². The van der Waals surface area contributed by atoms with Crippen molar-refractivity contribution in [2.45, 2.75) is 19.8 Å². The monoisotopic (exact) mass is 110 g/mol. The number of hydrogen-bond acceptors (Lipinski definition) is 1. The van der Waals surface area contributed by atoms with Gasteiger partial charge in [-0.25, -0.2) is 0 Å². The van der Waals surface area contributed by atoms with E-state index in [1.807, 2.05) is 6.08 Å². The van der Waals surface area contributed by atoms with Crippen molar-refractivity contribution < 1.29 is 4.79 Å². The second-order valence-electron chi connectivity index (χ2n) is 2.20. The molecule has 8 heavy (non-hydrogen) atoms. The van der Waals surface area contributed by atoms with Crippen molar-refractivity contribution in [3.8, 4) is 0 Å². The third kappa shape index (κ3) is 0.971. The average Bonchev–Trinajstić information content (AvgIpc) is 2.14. The molecule has 0 aromatic rings. The Labute approximate surface area is 49.4 Å². The van der Waals surface area contributed by atoms with Crippen LogP contribution in [0.1, 0.15) is 19.8 Å². The number of ketones is 1. The molecular formula is C7H10O. The third-order valence-electron chi connectivity index (χ3n) is 1.54. The van der Waals surface area contributed by atoms with Crippen molar-refractivity contribution in [2.75, 3.05) is 0 Å². The topological polar surface area (TPSA) is 17.1 Å². The Morgan fingerprint density at radius 1 is 1.88 bits per heavy atom. The summed E-state index contributed by atoms with van der Waals surface area (Å²) in [5.41, 5.74) is 0. The molecule has 0 heterocycles. The summed E-state index contributed by atoms with van der Waals surface area (Å²) in [6.07, 6.45) is 5.54. The predicted octanol–water partition coefficient (Wildman–Crippen LogP) is 1.54. The van der Waals surface area contributed by atoms with E-state index in [1.54, 1.807) is 6.08 Å². The molecule has 0 fully saturated rings. The number of carbonyl (C=O) groups excluding carboxylic acids is 1. The van der Waals surface area contributed by atoms with E-state index in [-0.39, 0.29) is 5.78 Å². The van der Waals surface area contributed by atoms with Gasteiger partial charge in [-0.05, 0) is 18.4 Å². The number of carbonyl (C=O) groups is 1. The number of rotatable bonds is 1. The van der Waals surface area contributed by atoms with Crippen LogP contribution in [0.4, 0.5) is 0 Å². The summed E-state index contributed by atoms with van der Waals surface area (Å²) in [7, 11) is 0. The van der Waals surface area contributed by atoms with E-state index in [2.05, 4.69) is 6.92 Å². The minimum Gasteiger partial charge on any atom is -0.295 e. The number of hydrogen-bond donors (Lipinski definition) is 0. The highest BCUT2D eigenvalue weighted by molar-refractivity contribution is 5.92. The maximum absolute atomic E-state index is 10.5. The molecule has 0 radical (unpaired) electrons. The highest BCUT2D eigenvalue weighted by Gasteiger charge is 2.12. The molecule has 0 aromatic carbocycles. The second-order valence-corrected chi connectivity index (χ2v) is 2.20. The van der Waals surface area contributed by atoms with E-state index in [9.17, 15) is 4.79 Å². The predicted molar refractivity (Wildman–Crippen MR) is 32.5 cm³/mol. The van der Waals surface area contributed by atoms with E-state index in [0.29, 0.717) is 5.92 Å². The van der Waals surface area contributed by atoms with E-state index >= 15 is 0 Å². The zero-order valence-corrected chi connectivity index (χ0v) is 5.05. The van der Waals surface area contributed by atoms with Gasteiger partial charge in [-0.2, -0.15) is 0 Å². The van der Waals surface area contributed by atoms with Gasteiger partial charge in [0.1, 0.15) is 0 Å². The van der Waals surface area contributed by atoms with Crippen molar-refractivity contribution >= 4 is 5.78 Å². The smallest absolute Gasteiger partial charge is 0.155 e. The lowest BCUT2D eigenvalue weighted by molar-refractivity contribution is -0.114. The first-order chi connectivity index (χ1) is 3.83. The summed E-state index contributed by atoms with van der Waals surface area (Å²) in [6, 6.07) is 0. The number of allylic oxidation sites excluding steroid dienone is 2. The summed E-state index contributed by atoms with van der Waals surface area (Å²) in [4.78, 5) is 10.5. The lowest BCUT2D eigenvalue weighted by Gasteiger charge is -1.96. The van der Waals surface area contributed by atoms with Gasteiger partial charge >= 0.3 is 0 Å². The maximum Gasteiger partial charge on any atom is 0.155 e. The Morgan fingerprint density at radius 3 is 2.88 bits per heavy atom. The van der Waals surface area contributed by atoms with Crippen LogP contribution in [0, 0.1) is 5.92 Å². The van der Waals surface area contributed by atoms with E-state index < -0.39 is 0 Å². The van der Waals surface area contributed by atoms with Crippen LogP contribution in [-0.4, -0.2) is 5.78 Å². The van der Waals surface area contributed by atoms with Gasteiger partial charge in [0.15, 0.2) is 5.78 Å². The van der Waals surface area contributed by atoms with Gasteiger partial charge in [0.05, 0.1) is 0 Å². The molecule has 0 amide bonds. The van der Waals surface area contributed by atoms with Crippen LogP contribution < -0.4 is 0 Å². The quantitative estimate of drug-likeness (QED) is 0.500. The molecule has 0 saturated heterocycles. The molecule has 0 saturated carbocycles. The Bertz CT molecular complexity index is 124. The Kier molecular flexibility index (Phi) is 1.47. The summed E-state index contributed by atoms with van der Waals surface area (Å²) >= 11 is 0. The van der Waals surface area contributed by atoms with Crippen molar-refractivity contribution in [3.05, 3.63) is 12.2 Å². The first-order valence-electron chi connectivity index (χ1n) is 3.04. The molecule has 1 rings (SSSR count). The van der Waals surface area contributed by atoms with Crippen LogP contribution in [0.3, 0.4) is 0 Å². The van der Waals surface area contributed by atoms with Gasteiger partial charge in [0.2, 0.25) is 0 Å². The van der Waals surface area contributed by atoms with Crippen molar-refractivity contribution in [3.63, 3.8) is 0 Å². The zero-order valence-electron chi connectivity index (χ0n) is 5.05. The van der Waals surface area contributed by atoms with Gasteiger partial charge in [-0.15, -0.1) is 0 Å². The Balaban J connectivity index is 2.46. The molecule has 0 spiro atoms. The maximum atomic E-state index is 10.5. The van der Waals surface area contributed by atoms with Crippen LogP contribution in [0.15, 0.2) is 12.2 Å². The minimum atomic E-state index is 0.289. The summed E-state index contributed by atoms with van der Waals surface area (Å²) in [5.74, 6) is 0.833. The van der Waals surface area contributed by atoms with Crippen molar-refractivity contribution in [1.82, 2.24) is 0 Å². The van der Waals surface area contributed by atoms with Crippen LogP contribution in [0.5, 0.6) is 0 Å². The van der Waals surface area contributed by atoms with Crippen LogP contribution in [0.2, 0.25) is 0 Å². The summed E-state index contributed by atoms with van der Waals surface area (Å²) in [6.45, 7) is 2.10. The normalized spacial score (nSPS) is 27.1. The Hall–Kier alpha value is -0.590. The lowest BCUT2D eigenvalue weighted by atomic mass is 10.1. The van der Waals surface area contributed by atoms with Crippen molar-refractivity contribution in [2.24, 2.45) is 5.92 Å². The molecule has 1 nitrogen and oxygen atoms in total. The van der Waals surface area contributed by atoms with Crippen LogP contribution in [-0.2, 0) is 4.79 Å². The van der Waals surface area contributed by atoms with Gasteiger partial charge in [-0.3, -0.25) is 4.79 Å². The largest absolute Gasteiger partial charge is 0.295 e. The molecule has 0 aromatic heterocycles. The molecule has 1 aliphatic rings. The average molecular weight is 110 g/mol. The van der Waals surface area contributed by atoms with Gasteiger partial charge in [0, 0.05) is 6.42 Å². The van der Waals surface area contributed by atoms with Gasteiger partial charge < -0.3 is 0 Å². The molecule has 0 aliphatic heterocycles. The summed E-state index contributed by atoms with van der Waals surface area (Å²) in [5, 5.41) is 0. The second kappa shape index (κ2) is 2.12. The molecule has 1 heteroatoms. The molecular weight excluding hydrogens is 100 g/mol. The SMILES string of the molecule is CC[C@@H]1C=CC(=O)C1. The third-order valence-corrected chi connectivity index (χ3v) is 1.54. The molecule has 0 N–H and O–H groups in total. The minimum absolute atomic E-state index is 0.289. The molecule has 44 valence electrons. The first kappa shape index (κ1) is 5.54. The van der Waals surface area contributed by atoms with Crippen LogP contribution >= 0.6 is 0 Å². The lowest BCUT2D eigenvalue weighted by Crippen LogP contribution is -1.92. The molecule has 0 bridgehead atoms. The van der Waals surface area contributed by atoms with E-state index in [4.69, 9.17) is 0 Å². The standard InChI is InChI=1S/C7H10O/c1-2-6-3-4-7(8)5-6/h3-4,6H,2,5H2,1H3/t6-/m1/s1. The zero-order chi connectivity index (χ0) is 5.98. The van der Waals surface area contributed by atoms with Crippen molar-refractivity contribution in [1.29, 1.82) is 0 Å². The van der Waals surface area contributed by atoms with Crippen LogP contribution in [0.25, 0.3) is 0 Å². The fourth-order valence-corrected chi connectivity index (χ4v) is 0.918. The highest BCUT2D eigenvalue weighted by atomic mass is 16.1. The van der Waals surface area contributed by atoms with Gasteiger partial charge in [-0.1, -0.05) is 13.0 Å². The Morgan fingerprint density at radius 2 is 2.62 bits per heavy atom. The first-order valence-corrected chi connectivity index (χ1v) is 3.04. The molecule has 0 unspecified atom stereocenters.